The van der Waals surface area contributed by atoms with Gasteiger partial charge in [-0.15, -0.1) is 0 Å². The van der Waals surface area contributed by atoms with E-state index in [1.165, 1.54) is 27.8 Å². The smallest absolute Gasteiger partial charge is 0.0723 e. The topological polar surface area (TPSA) is 58.6 Å². The lowest BCUT2D eigenvalue weighted by atomic mass is 9.82. The van der Waals surface area contributed by atoms with Gasteiger partial charge in [0.2, 0.25) is 0 Å². The van der Waals surface area contributed by atoms with Gasteiger partial charge in [-0.1, -0.05) is 42.8 Å². The molecule has 31 heavy (non-hydrogen) atoms. The molecule has 0 aliphatic rings. The Morgan fingerprint density at radius 1 is 1.06 bits per heavy atom. The lowest BCUT2D eigenvalue weighted by Gasteiger charge is -2.25. The summed E-state index contributed by atoms with van der Waals surface area (Å²) in [6.07, 6.45) is 0.707. The molecule has 0 bridgehead atoms. The Morgan fingerprint density at radius 2 is 1.68 bits per heavy atom. The van der Waals surface area contributed by atoms with Gasteiger partial charge in [0.1, 0.15) is 0 Å². The third-order valence-electron chi connectivity index (χ3n) is 6.06. The number of nitrogens with two attached hydrogens (primary N) is 1. The number of hydrogen-bond acceptors (Lipinski definition) is 3. The van der Waals surface area contributed by atoms with Crippen molar-refractivity contribution in [2.75, 3.05) is 5.73 Å². The lowest BCUT2D eigenvalue weighted by molar-refractivity contribution is 0.280. The predicted molar refractivity (Wildman–Crippen MR) is 137 cm³/mol. The van der Waals surface area contributed by atoms with Gasteiger partial charge >= 0.3 is 0 Å². The first-order valence-corrected chi connectivity index (χ1v) is 11.0. The molecule has 0 aliphatic heterocycles. The summed E-state index contributed by atoms with van der Waals surface area (Å²) in [6.45, 7) is 20.2. The summed E-state index contributed by atoms with van der Waals surface area (Å²) in [5, 5.41) is 10.9. The number of halogens is 1. The summed E-state index contributed by atoms with van der Waals surface area (Å²) in [6, 6.07) is 4.25. The first-order valence-electron chi connectivity index (χ1n) is 10.7. The maximum Gasteiger partial charge on any atom is 0.0723 e. The molecule has 2 rings (SSSR count). The van der Waals surface area contributed by atoms with Crippen molar-refractivity contribution in [1.29, 1.82) is 0 Å². The summed E-state index contributed by atoms with van der Waals surface area (Å²) in [5.74, 6) is 0. The fraction of sp³-hybridized carbons (Fsp3) is 0.370. The van der Waals surface area contributed by atoms with E-state index >= 15 is 0 Å². The van der Waals surface area contributed by atoms with Gasteiger partial charge in [-0.3, -0.25) is 4.99 Å². The Kier molecular flexibility index (Phi) is 7.91. The summed E-state index contributed by atoms with van der Waals surface area (Å²) in [7, 11) is 0. The number of aliphatic hydroxyl groups excluding tert-OH is 1. The number of benzene rings is 2. The summed E-state index contributed by atoms with van der Waals surface area (Å²) in [5.41, 5.74) is 19.0. The van der Waals surface area contributed by atoms with Crippen molar-refractivity contribution in [3.63, 3.8) is 0 Å². The van der Waals surface area contributed by atoms with Crippen LogP contribution in [0.5, 0.6) is 0 Å². The number of aliphatic hydroxyl groups is 1. The molecule has 4 heteroatoms. The zero-order chi connectivity index (χ0) is 23.6. The largest absolute Gasteiger partial charge is 0.397 e. The van der Waals surface area contributed by atoms with Gasteiger partial charge in [0.25, 0.3) is 0 Å². The number of nitrogen functional groups attached to an aromatic ring is 1. The molecule has 0 atom stereocenters. The molecule has 0 fully saturated rings. The number of rotatable bonds is 6. The monoisotopic (exact) mass is 438 g/mol. The van der Waals surface area contributed by atoms with Crippen molar-refractivity contribution in [2.24, 2.45) is 4.99 Å². The van der Waals surface area contributed by atoms with Crippen molar-refractivity contribution < 1.29 is 5.11 Å². The van der Waals surface area contributed by atoms with E-state index in [2.05, 4.69) is 65.2 Å². The van der Waals surface area contributed by atoms with E-state index in [-0.39, 0.29) is 6.61 Å². The van der Waals surface area contributed by atoms with Crippen LogP contribution >= 0.6 is 11.6 Å². The molecule has 166 valence electrons. The minimum atomic E-state index is -0.141. The van der Waals surface area contributed by atoms with E-state index in [1.54, 1.807) is 0 Å². The van der Waals surface area contributed by atoms with Crippen molar-refractivity contribution in [1.82, 2.24) is 0 Å². The molecule has 3 N–H and O–H groups in total. The quantitative estimate of drug-likeness (QED) is 0.364. The SMILES string of the molecule is C=C(C)N=C(C)c1c(N)c(Cl)c(-c2ccc(C)c(C)c2C(C)=C(C)C)c(CC)c1CO. The number of anilines is 1. The van der Waals surface area contributed by atoms with Gasteiger partial charge in [-0.2, -0.15) is 0 Å². The zero-order valence-corrected chi connectivity index (χ0v) is 20.9. The molecular formula is C27H35ClN2O. The van der Waals surface area contributed by atoms with Crippen LogP contribution in [0.15, 0.2) is 35.0 Å². The van der Waals surface area contributed by atoms with Gasteiger partial charge in [-0.05, 0) is 93.8 Å². The summed E-state index contributed by atoms with van der Waals surface area (Å²) in [4.78, 5) is 4.50. The van der Waals surface area contributed by atoms with Crippen molar-refractivity contribution in [2.45, 2.75) is 68.4 Å². The highest BCUT2D eigenvalue weighted by molar-refractivity contribution is 6.37. The van der Waals surface area contributed by atoms with Crippen LogP contribution in [0, 0.1) is 13.8 Å². The van der Waals surface area contributed by atoms with Crippen LogP contribution in [-0.2, 0) is 13.0 Å². The molecule has 0 spiro atoms. The van der Waals surface area contributed by atoms with E-state index in [0.29, 0.717) is 34.1 Å². The highest BCUT2D eigenvalue weighted by Crippen LogP contribution is 2.45. The highest BCUT2D eigenvalue weighted by Gasteiger charge is 2.25. The van der Waals surface area contributed by atoms with Gasteiger partial charge < -0.3 is 10.8 Å². The molecule has 0 aromatic heterocycles. The van der Waals surface area contributed by atoms with E-state index in [0.717, 1.165) is 22.3 Å². The van der Waals surface area contributed by atoms with E-state index in [9.17, 15) is 5.11 Å². The van der Waals surface area contributed by atoms with Crippen LogP contribution < -0.4 is 5.73 Å². The van der Waals surface area contributed by atoms with E-state index < -0.39 is 0 Å². The molecule has 0 saturated carbocycles. The number of aliphatic imine (C=N–C) groups is 1. The standard InChI is InChI=1S/C27H35ClN2O/c1-10-20-22(13-31)24(19(9)30-15(4)5)27(29)26(28)25(20)21-12-11-16(6)18(8)23(21)17(7)14(2)3/h11-12,31H,4,10,13,29H2,1-3,5-9H3. The fourth-order valence-electron chi connectivity index (χ4n) is 4.20. The second-order valence-corrected chi connectivity index (χ2v) is 8.81. The summed E-state index contributed by atoms with van der Waals surface area (Å²) >= 11 is 6.97. The Morgan fingerprint density at radius 3 is 2.16 bits per heavy atom. The maximum atomic E-state index is 10.4. The van der Waals surface area contributed by atoms with Gasteiger partial charge in [0.15, 0.2) is 0 Å². The Bertz CT molecular complexity index is 1100. The van der Waals surface area contributed by atoms with Crippen LogP contribution in [0.3, 0.4) is 0 Å². The van der Waals surface area contributed by atoms with Crippen LogP contribution in [0.1, 0.15) is 74.9 Å². The highest BCUT2D eigenvalue weighted by atomic mass is 35.5. The number of hydrogen-bond donors (Lipinski definition) is 2. The minimum absolute atomic E-state index is 0.141. The van der Waals surface area contributed by atoms with Gasteiger partial charge in [0, 0.05) is 22.5 Å². The van der Waals surface area contributed by atoms with Crippen molar-refractivity contribution in [3.05, 3.63) is 68.4 Å². The Hall–Kier alpha value is -2.36. The summed E-state index contributed by atoms with van der Waals surface area (Å²) < 4.78 is 0. The van der Waals surface area contributed by atoms with E-state index in [1.807, 2.05) is 13.8 Å². The fourth-order valence-corrected chi connectivity index (χ4v) is 4.51. The lowest BCUT2D eigenvalue weighted by Crippen LogP contribution is -2.12. The molecule has 0 unspecified atom stereocenters. The number of nitrogens with zero attached hydrogens (tertiary/aromatic N) is 1. The zero-order valence-electron chi connectivity index (χ0n) is 20.1. The average molecular weight is 439 g/mol. The van der Waals surface area contributed by atoms with Crippen LogP contribution in [0.25, 0.3) is 16.7 Å². The van der Waals surface area contributed by atoms with Crippen LogP contribution in [0.2, 0.25) is 5.02 Å². The first kappa shape index (κ1) is 24.9. The van der Waals surface area contributed by atoms with Crippen molar-refractivity contribution in [3.8, 4) is 11.1 Å². The van der Waals surface area contributed by atoms with Crippen molar-refractivity contribution >= 4 is 28.6 Å². The molecule has 0 aliphatic carbocycles. The molecule has 0 saturated heterocycles. The Balaban J connectivity index is 3.10. The van der Waals surface area contributed by atoms with E-state index in [4.69, 9.17) is 17.3 Å². The van der Waals surface area contributed by atoms with Gasteiger partial charge in [-0.25, -0.2) is 0 Å². The molecule has 2 aromatic carbocycles. The number of allylic oxidation sites excluding steroid dienone is 3. The molecule has 0 radical (unpaired) electrons. The predicted octanol–water partition coefficient (Wildman–Crippen LogP) is 7.42. The first-order chi connectivity index (χ1) is 14.5. The minimum Gasteiger partial charge on any atom is -0.397 e. The molecular weight excluding hydrogens is 404 g/mol. The van der Waals surface area contributed by atoms with Crippen LogP contribution in [0.4, 0.5) is 5.69 Å². The molecule has 2 aromatic rings. The average Bonchev–Trinajstić information content (AvgIpc) is 2.70. The van der Waals surface area contributed by atoms with Gasteiger partial charge in [0.05, 0.1) is 17.3 Å². The second-order valence-electron chi connectivity index (χ2n) is 8.43. The molecule has 0 amide bonds. The normalized spacial score (nSPS) is 11.6. The number of aryl methyl sites for hydroxylation is 1. The Labute approximate surface area is 192 Å². The maximum absolute atomic E-state index is 10.4. The van der Waals surface area contributed by atoms with Crippen LogP contribution in [-0.4, -0.2) is 10.8 Å². The third-order valence-corrected chi connectivity index (χ3v) is 6.45. The second kappa shape index (κ2) is 9.84. The molecule has 0 heterocycles. The third kappa shape index (κ3) is 4.63. The molecule has 3 nitrogen and oxygen atoms in total.